The summed E-state index contributed by atoms with van der Waals surface area (Å²) in [5, 5.41) is 5.59. The molecule has 0 aromatic heterocycles. The van der Waals surface area contributed by atoms with E-state index < -0.39 is 5.97 Å². The molecule has 0 radical (unpaired) electrons. The SMILES string of the molecule is CCOC(=O)c1ccc(NC(=O)NCc2ccc3c(c2)N(C(=O)c2ccccc2)[C@@H](C)C3)cc1. The molecular formula is C27H27N3O4. The van der Waals surface area contributed by atoms with Crippen molar-refractivity contribution >= 4 is 29.3 Å². The van der Waals surface area contributed by atoms with Gasteiger partial charge in [0, 0.05) is 29.5 Å². The number of hydrogen-bond acceptors (Lipinski definition) is 4. The predicted octanol–water partition coefficient (Wildman–Crippen LogP) is 4.78. The van der Waals surface area contributed by atoms with Crippen LogP contribution in [0, 0.1) is 0 Å². The number of anilines is 2. The molecule has 174 valence electrons. The van der Waals surface area contributed by atoms with Crippen molar-refractivity contribution in [2.75, 3.05) is 16.8 Å². The third-order valence-corrected chi connectivity index (χ3v) is 5.71. The maximum Gasteiger partial charge on any atom is 0.338 e. The van der Waals surface area contributed by atoms with Crippen LogP contribution >= 0.6 is 0 Å². The minimum Gasteiger partial charge on any atom is -0.462 e. The second-order valence-corrected chi connectivity index (χ2v) is 8.16. The van der Waals surface area contributed by atoms with Crippen LogP contribution in [0.2, 0.25) is 0 Å². The highest BCUT2D eigenvalue weighted by Gasteiger charge is 2.31. The van der Waals surface area contributed by atoms with E-state index in [1.165, 1.54) is 0 Å². The third-order valence-electron chi connectivity index (χ3n) is 5.71. The lowest BCUT2D eigenvalue weighted by atomic mass is 10.1. The van der Waals surface area contributed by atoms with Crippen LogP contribution in [0.3, 0.4) is 0 Å². The fraction of sp³-hybridized carbons (Fsp3) is 0.222. The number of rotatable bonds is 6. The van der Waals surface area contributed by atoms with Gasteiger partial charge in [-0.25, -0.2) is 9.59 Å². The van der Waals surface area contributed by atoms with E-state index in [0.29, 0.717) is 30.0 Å². The molecule has 0 aliphatic carbocycles. The third kappa shape index (κ3) is 5.09. The molecule has 7 nitrogen and oxygen atoms in total. The van der Waals surface area contributed by atoms with E-state index in [2.05, 4.69) is 10.6 Å². The van der Waals surface area contributed by atoms with Crippen LogP contribution in [0.1, 0.15) is 45.7 Å². The molecule has 3 amide bonds. The van der Waals surface area contributed by atoms with Crippen molar-refractivity contribution < 1.29 is 19.1 Å². The zero-order chi connectivity index (χ0) is 24.1. The summed E-state index contributed by atoms with van der Waals surface area (Å²) in [4.78, 5) is 39.1. The van der Waals surface area contributed by atoms with Gasteiger partial charge < -0.3 is 20.3 Å². The van der Waals surface area contributed by atoms with Gasteiger partial charge in [0.2, 0.25) is 0 Å². The van der Waals surface area contributed by atoms with E-state index >= 15 is 0 Å². The van der Waals surface area contributed by atoms with Crippen LogP contribution in [0.4, 0.5) is 16.2 Å². The highest BCUT2D eigenvalue weighted by Crippen LogP contribution is 2.34. The van der Waals surface area contributed by atoms with Crippen LogP contribution in [0.25, 0.3) is 0 Å². The number of urea groups is 1. The first kappa shape index (κ1) is 23.0. The van der Waals surface area contributed by atoms with E-state index in [9.17, 15) is 14.4 Å². The largest absolute Gasteiger partial charge is 0.462 e. The molecule has 1 atom stereocenters. The van der Waals surface area contributed by atoms with Gasteiger partial charge in [-0.1, -0.05) is 30.3 Å². The summed E-state index contributed by atoms with van der Waals surface area (Å²) < 4.78 is 4.96. The number of hydrogen-bond donors (Lipinski definition) is 2. The maximum atomic E-state index is 13.1. The summed E-state index contributed by atoms with van der Waals surface area (Å²) in [6.07, 6.45) is 0.796. The van der Waals surface area contributed by atoms with Gasteiger partial charge in [-0.15, -0.1) is 0 Å². The van der Waals surface area contributed by atoms with Gasteiger partial charge in [0.1, 0.15) is 0 Å². The Hall–Kier alpha value is -4.13. The van der Waals surface area contributed by atoms with Crippen LogP contribution in [0.15, 0.2) is 72.8 Å². The molecule has 34 heavy (non-hydrogen) atoms. The molecule has 0 spiro atoms. The molecule has 3 aromatic carbocycles. The van der Waals surface area contributed by atoms with E-state index in [1.54, 1.807) is 31.2 Å². The molecule has 0 saturated heterocycles. The number of esters is 1. The van der Waals surface area contributed by atoms with Crippen molar-refractivity contribution in [2.24, 2.45) is 0 Å². The highest BCUT2D eigenvalue weighted by molar-refractivity contribution is 6.07. The number of carbonyl (C=O) groups is 3. The molecule has 4 rings (SSSR count). The highest BCUT2D eigenvalue weighted by atomic mass is 16.5. The monoisotopic (exact) mass is 457 g/mol. The lowest BCUT2D eigenvalue weighted by Gasteiger charge is -2.23. The topological polar surface area (TPSA) is 87.7 Å². The molecular weight excluding hydrogens is 430 g/mol. The van der Waals surface area contributed by atoms with Crippen molar-refractivity contribution in [1.29, 1.82) is 0 Å². The Kier molecular flexibility index (Phi) is 6.92. The summed E-state index contributed by atoms with van der Waals surface area (Å²) >= 11 is 0. The quantitative estimate of drug-likeness (QED) is 0.522. The Morgan fingerprint density at radius 1 is 0.971 bits per heavy atom. The van der Waals surface area contributed by atoms with Crippen molar-refractivity contribution in [1.82, 2.24) is 5.32 Å². The van der Waals surface area contributed by atoms with Gasteiger partial charge in [-0.05, 0) is 73.9 Å². The van der Waals surface area contributed by atoms with Crippen molar-refractivity contribution in [3.05, 3.63) is 95.1 Å². The van der Waals surface area contributed by atoms with E-state index in [1.807, 2.05) is 60.4 Å². The normalized spacial score (nSPS) is 14.3. The van der Waals surface area contributed by atoms with Crippen LogP contribution in [-0.4, -0.2) is 30.6 Å². The number of fused-ring (bicyclic) bond motifs is 1. The maximum absolute atomic E-state index is 13.1. The summed E-state index contributed by atoms with van der Waals surface area (Å²) in [7, 11) is 0. The van der Waals surface area contributed by atoms with Crippen LogP contribution in [0.5, 0.6) is 0 Å². The number of nitrogens with one attached hydrogen (secondary N) is 2. The fourth-order valence-corrected chi connectivity index (χ4v) is 4.05. The first-order valence-electron chi connectivity index (χ1n) is 11.3. The van der Waals surface area contributed by atoms with Crippen LogP contribution in [-0.2, 0) is 17.7 Å². The second kappa shape index (κ2) is 10.2. The second-order valence-electron chi connectivity index (χ2n) is 8.16. The van der Waals surface area contributed by atoms with Crippen molar-refractivity contribution in [3.8, 4) is 0 Å². The number of nitrogens with zero attached hydrogens (tertiary/aromatic N) is 1. The molecule has 1 aliphatic rings. The Bertz CT molecular complexity index is 1190. The Morgan fingerprint density at radius 3 is 2.41 bits per heavy atom. The van der Waals surface area contributed by atoms with Crippen LogP contribution < -0.4 is 15.5 Å². The van der Waals surface area contributed by atoms with E-state index in [0.717, 1.165) is 23.2 Å². The van der Waals surface area contributed by atoms with Gasteiger partial charge in [-0.2, -0.15) is 0 Å². The average molecular weight is 458 g/mol. The van der Waals surface area contributed by atoms with Gasteiger partial charge in [-0.3, -0.25) is 4.79 Å². The predicted molar refractivity (Wildman–Crippen MR) is 131 cm³/mol. The van der Waals surface area contributed by atoms with Gasteiger partial charge >= 0.3 is 12.0 Å². The molecule has 0 fully saturated rings. The Labute approximate surface area is 198 Å². The van der Waals surface area contributed by atoms with Crippen molar-refractivity contribution in [3.63, 3.8) is 0 Å². The number of ether oxygens (including phenoxy) is 1. The minimum atomic E-state index is -0.399. The average Bonchev–Trinajstić information content (AvgIpc) is 3.18. The number of carbonyl (C=O) groups excluding carboxylic acids is 3. The lowest BCUT2D eigenvalue weighted by Crippen LogP contribution is -2.35. The van der Waals surface area contributed by atoms with Gasteiger partial charge in [0.15, 0.2) is 0 Å². The zero-order valence-electron chi connectivity index (χ0n) is 19.2. The summed E-state index contributed by atoms with van der Waals surface area (Å²) in [5.41, 5.74) is 4.54. The van der Waals surface area contributed by atoms with Crippen molar-refractivity contribution in [2.45, 2.75) is 32.9 Å². The molecule has 2 N–H and O–H groups in total. The minimum absolute atomic E-state index is 0.0269. The van der Waals surface area contributed by atoms with E-state index in [-0.39, 0.29) is 18.0 Å². The molecule has 1 aliphatic heterocycles. The zero-order valence-corrected chi connectivity index (χ0v) is 19.2. The lowest BCUT2D eigenvalue weighted by molar-refractivity contribution is 0.0526. The number of amides is 3. The van der Waals surface area contributed by atoms with Gasteiger partial charge in [0.25, 0.3) is 5.91 Å². The first-order valence-corrected chi connectivity index (χ1v) is 11.3. The molecule has 0 saturated carbocycles. The molecule has 0 bridgehead atoms. The van der Waals surface area contributed by atoms with Gasteiger partial charge in [0.05, 0.1) is 12.2 Å². The summed E-state index contributed by atoms with van der Waals surface area (Å²) in [6, 6.07) is 21.4. The number of benzene rings is 3. The smallest absolute Gasteiger partial charge is 0.338 e. The Morgan fingerprint density at radius 2 is 1.71 bits per heavy atom. The molecule has 7 heteroatoms. The fourth-order valence-electron chi connectivity index (χ4n) is 4.05. The molecule has 0 unspecified atom stereocenters. The standard InChI is InChI=1S/C27H27N3O4/c1-3-34-26(32)21-11-13-23(14-12-21)29-27(33)28-17-19-9-10-22-15-18(2)30(24(22)16-19)25(31)20-7-5-4-6-8-20/h4-14,16,18H,3,15,17H2,1-2H3,(H2,28,29,33)/t18-/m0/s1. The van der Waals surface area contributed by atoms with E-state index in [4.69, 9.17) is 4.74 Å². The summed E-state index contributed by atoms with van der Waals surface area (Å²) in [5.74, 6) is -0.426. The molecule has 1 heterocycles. The first-order chi connectivity index (χ1) is 16.5. The summed E-state index contributed by atoms with van der Waals surface area (Å²) in [6.45, 7) is 4.40. The molecule has 3 aromatic rings. The Balaban J connectivity index is 1.39.